The van der Waals surface area contributed by atoms with Crippen LogP contribution in [0, 0.1) is 12.9 Å². The van der Waals surface area contributed by atoms with Gasteiger partial charge in [0.15, 0.2) is 0 Å². The molecule has 1 fully saturated rings. The van der Waals surface area contributed by atoms with E-state index >= 15 is 0 Å². The van der Waals surface area contributed by atoms with Gasteiger partial charge in [-0.05, 0) is 43.4 Å². The molecule has 2 N–H and O–H groups in total. The van der Waals surface area contributed by atoms with Gasteiger partial charge in [0.05, 0.1) is 5.92 Å². The van der Waals surface area contributed by atoms with E-state index in [2.05, 4.69) is 10.3 Å². The van der Waals surface area contributed by atoms with Gasteiger partial charge < -0.3 is 15.3 Å². The molecule has 0 saturated carbocycles. The van der Waals surface area contributed by atoms with Crippen molar-refractivity contribution in [1.29, 1.82) is 0 Å². The maximum Gasteiger partial charge on any atom is 0.407 e. The Morgan fingerprint density at radius 2 is 2.11 bits per heavy atom. The van der Waals surface area contributed by atoms with Crippen molar-refractivity contribution in [2.75, 3.05) is 6.54 Å². The van der Waals surface area contributed by atoms with E-state index in [1.54, 1.807) is 6.07 Å². The summed E-state index contributed by atoms with van der Waals surface area (Å²) in [4.78, 5) is 29.5. The average Bonchev–Trinajstić information content (AvgIpc) is 3.16. The number of amides is 2. The van der Waals surface area contributed by atoms with Crippen molar-refractivity contribution in [3.8, 4) is 0 Å². The molecule has 7 heteroatoms. The summed E-state index contributed by atoms with van der Waals surface area (Å²) >= 11 is 0. The van der Waals surface area contributed by atoms with Crippen molar-refractivity contribution in [3.05, 3.63) is 65.2 Å². The first-order valence-corrected chi connectivity index (χ1v) is 9.39. The van der Waals surface area contributed by atoms with Crippen molar-refractivity contribution in [1.82, 2.24) is 15.2 Å². The molecule has 0 aliphatic carbocycles. The Labute approximate surface area is 163 Å². The fraction of sp³-hybridized carbons (Fsp3) is 0.381. The molecular formula is C21H24FN3O3. The number of carbonyl (C=O) groups is 2. The summed E-state index contributed by atoms with van der Waals surface area (Å²) in [6, 6.07) is 10.7. The maximum atomic E-state index is 13.9. The summed E-state index contributed by atoms with van der Waals surface area (Å²) in [5.74, 6) is -1.36. The van der Waals surface area contributed by atoms with Crippen LogP contribution in [0.4, 0.5) is 9.18 Å². The van der Waals surface area contributed by atoms with Gasteiger partial charge in [-0.3, -0.25) is 4.79 Å². The molecule has 1 saturated heterocycles. The molecule has 6 nitrogen and oxygen atoms in total. The van der Waals surface area contributed by atoms with Crippen LogP contribution in [0.1, 0.15) is 41.9 Å². The highest BCUT2D eigenvalue weighted by molar-refractivity contribution is 5.83. The summed E-state index contributed by atoms with van der Waals surface area (Å²) in [7, 11) is 0. The molecule has 1 aromatic heterocycles. The Balaban J connectivity index is 1.76. The van der Waals surface area contributed by atoms with Gasteiger partial charge in [0.2, 0.25) is 11.9 Å². The van der Waals surface area contributed by atoms with Gasteiger partial charge in [-0.15, -0.1) is 0 Å². The number of hydrogen-bond acceptors (Lipinski definition) is 3. The van der Waals surface area contributed by atoms with Crippen molar-refractivity contribution < 1.29 is 19.1 Å². The quantitative estimate of drug-likeness (QED) is 0.746. The maximum absolute atomic E-state index is 13.9. The lowest BCUT2D eigenvalue weighted by Gasteiger charge is -2.26. The molecule has 0 spiro atoms. The smallest absolute Gasteiger partial charge is 0.407 e. The Kier molecular flexibility index (Phi) is 6.23. The molecule has 1 aromatic carbocycles. The van der Waals surface area contributed by atoms with E-state index < -0.39 is 18.0 Å². The van der Waals surface area contributed by atoms with Crippen LogP contribution in [0.25, 0.3) is 0 Å². The zero-order valence-electron chi connectivity index (χ0n) is 15.8. The standard InChI is InChI=1S/C21H24FN3O3/c1-14-10-16(19(22)23-12-14)13-24-20(26)18(15-6-3-2-4-7-15)11-17-8-5-9-25(17)21(27)28/h2-4,6-7,10,12,17-18H,5,8-9,11,13H2,1H3,(H,24,26)(H,27,28)/t17-,18?/m0/s1. The molecule has 28 heavy (non-hydrogen) atoms. The molecule has 2 heterocycles. The minimum atomic E-state index is -0.956. The number of hydrogen-bond donors (Lipinski definition) is 2. The van der Waals surface area contributed by atoms with E-state index in [4.69, 9.17) is 0 Å². The number of carbonyl (C=O) groups excluding carboxylic acids is 1. The Morgan fingerprint density at radius 1 is 1.36 bits per heavy atom. The second-order valence-corrected chi connectivity index (χ2v) is 7.15. The van der Waals surface area contributed by atoms with Gasteiger partial charge in [0.25, 0.3) is 0 Å². The molecule has 2 aromatic rings. The number of nitrogens with one attached hydrogen (secondary N) is 1. The minimum absolute atomic E-state index is 0.0377. The molecular weight excluding hydrogens is 361 g/mol. The second kappa shape index (κ2) is 8.82. The minimum Gasteiger partial charge on any atom is -0.465 e. The summed E-state index contributed by atoms with van der Waals surface area (Å²) in [5, 5.41) is 12.2. The Bertz CT molecular complexity index is 844. The third kappa shape index (κ3) is 4.65. The van der Waals surface area contributed by atoms with E-state index in [0.29, 0.717) is 18.5 Å². The monoisotopic (exact) mass is 385 g/mol. The molecule has 1 aliphatic rings. The summed E-state index contributed by atoms with van der Waals surface area (Å²) in [6.07, 6.45) is 2.41. The summed E-state index contributed by atoms with van der Waals surface area (Å²) in [5.41, 5.74) is 1.96. The van der Waals surface area contributed by atoms with Crippen LogP contribution in [0.5, 0.6) is 0 Å². The topological polar surface area (TPSA) is 82.5 Å². The van der Waals surface area contributed by atoms with Gasteiger partial charge in [0, 0.05) is 30.9 Å². The number of benzene rings is 1. The number of pyridine rings is 1. The van der Waals surface area contributed by atoms with Gasteiger partial charge in [-0.1, -0.05) is 30.3 Å². The zero-order valence-corrected chi connectivity index (χ0v) is 15.8. The molecule has 1 aliphatic heterocycles. The largest absolute Gasteiger partial charge is 0.465 e. The predicted molar refractivity (Wildman–Crippen MR) is 102 cm³/mol. The highest BCUT2D eigenvalue weighted by Crippen LogP contribution is 2.29. The van der Waals surface area contributed by atoms with Crippen LogP contribution < -0.4 is 5.32 Å². The second-order valence-electron chi connectivity index (χ2n) is 7.15. The Morgan fingerprint density at radius 3 is 2.82 bits per heavy atom. The van der Waals surface area contributed by atoms with Gasteiger partial charge >= 0.3 is 6.09 Å². The number of rotatable bonds is 6. The van der Waals surface area contributed by atoms with E-state index in [-0.39, 0.29) is 18.5 Å². The van der Waals surface area contributed by atoms with Gasteiger partial charge in [0.1, 0.15) is 0 Å². The molecule has 2 amide bonds. The number of carboxylic acid groups (broad SMARTS) is 1. The third-order valence-corrected chi connectivity index (χ3v) is 5.15. The van der Waals surface area contributed by atoms with Gasteiger partial charge in [-0.2, -0.15) is 4.39 Å². The zero-order chi connectivity index (χ0) is 20.1. The highest BCUT2D eigenvalue weighted by Gasteiger charge is 2.33. The van der Waals surface area contributed by atoms with Crippen molar-refractivity contribution in [2.45, 2.75) is 44.7 Å². The van der Waals surface area contributed by atoms with Crippen LogP contribution >= 0.6 is 0 Å². The van der Waals surface area contributed by atoms with E-state index in [1.165, 1.54) is 11.1 Å². The molecule has 0 radical (unpaired) electrons. The molecule has 2 atom stereocenters. The number of nitrogens with zero attached hydrogens (tertiary/aromatic N) is 2. The highest BCUT2D eigenvalue weighted by atomic mass is 19.1. The van der Waals surface area contributed by atoms with Crippen LogP contribution in [0.3, 0.4) is 0 Å². The van der Waals surface area contributed by atoms with Crippen LogP contribution in [-0.4, -0.2) is 39.6 Å². The normalized spacial score (nSPS) is 17.4. The summed E-state index contributed by atoms with van der Waals surface area (Å²) < 4.78 is 13.9. The number of likely N-dealkylation sites (tertiary alicyclic amines) is 1. The number of aromatic nitrogens is 1. The van der Waals surface area contributed by atoms with Crippen molar-refractivity contribution in [3.63, 3.8) is 0 Å². The SMILES string of the molecule is Cc1cnc(F)c(CNC(=O)C(C[C@@H]2CCCN2C(=O)O)c2ccccc2)c1. The third-order valence-electron chi connectivity index (χ3n) is 5.15. The van der Waals surface area contributed by atoms with Crippen LogP contribution in [0.2, 0.25) is 0 Å². The van der Waals surface area contributed by atoms with Crippen molar-refractivity contribution in [2.24, 2.45) is 0 Å². The summed E-state index contributed by atoms with van der Waals surface area (Å²) in [6.45, 7) is 2.34. The van der Waals surface area contributed by atoms with Gasteiger partial charge in [-0.25, -0.2) is 9.78 Å². The molecule has 148 valence electrons. The van der Waals surface area contributed by atoms with Crippen LogP contribution in [-0.2, 0) is 11.3 Å². The van der Waals surface area contributed by atoms with E-state index in [9.17, 15) is 19.1 Å². The fourth-order valence-corrected chi connectivity index (χ4v) is 3.73. The molecule has 1 unspecified atom stereocenters. The first kappa shape index (κ1) is 19.8. The lowest BCUT2D eigenvalue weighted by Crippen LogP contribution is -2.38. The first-order chi connectivity index (χ1) is 13.5. The van der Waals surface area contributed by atoms with Crippen molar-refractivity contribution >= 4 is 12.0 Å². The molecule has 0 bridgehead atoms. The van der Waals surface area contributed by atoms with E-state index in [0.717, 1.165) is 24.0 Å². The first-order valence-electron chi connectivity index (χ1n) is 9.39. The number of halogens is 1. The van der Waals surface area contributed by atoms with Crippen LogP contribution in [0.15, 0.2) is 42.6 Å². The lowest BCUT2D eigenvalue weighted by atomic mass is 9.90. The average molecular weight is 385 g/mol. The van der Waals surface area contributed by atoms with E-state index in [1.807, 2.05) is 37.3 Å². The Hall–Kier alpha value is -2.96. The number of aryl methyl sites for hydroxylation is 1. The molecule has 3 rings (SSSR count). The fourth-order valence-electron chi connectivity index (χ4n) is 3.73. The predicted octanol–water partition coefficient (Wildman–Crippen LogP) is 3.46. The lowest BCUT2D eigenvalue weighted by molar-refractivity contribution is -0.123.